The third kappa shape index (κ3) is 6.00. The van der Waals surface area contributed by atoms with Crippen molar-refractivity contribution in [2.24, 2.45) is 0 Å². The SMILES string of the molecule is CCCCc1ccc(-c2ccc(C3CCC(O)(C(=O)C(F)CCCC)CC3)cc2)nc1. The van der Waals surface area contributed by atoms with Crippen LogP contribution in [0.4, 0.5) is 4.39 Å². The fourth-order valence-corrected chi connectivity index (χ4v) is 4.53. The maximum absolute atomic E-state index is 14.2. The molecule has 1 aromatic heterocycles. The Morgan fingerprint density at radius 1 is 1.10 bits per heavy atom. The first kappa shape index (κ1) is 23.6. The number of halogens is 1. The second kappa shape index (κ2) is 11.0. The topological polar surface area (TPSA) is 50.2 Å². The minimum atomic E-state index is -1.54. The Hall–Kier alpha value is -2.07. The lowest BCUT2D eigenvalue weighted by Gasteiger charge is -2.35. The first-order valence-electron chi connectivity index (χ1n) is 11.9. The van der Waals surface area contributed by atoms with E-state index >= 15 is 0 Å². The van der Waals surface area contributed by atoms with Gasteiger partial charge in [0.15, 0.2) is 12.0 Å². The molecule has 2 aromatic rings. The lowest BCUT2D eigenvalue weighted by atomic mass is 9.73. The molecule has 0 amide bonds. The van der Waals surface area contributed by atoms with Crippen LogP contribution in [0.1, 0.15) is 88.7 Å². The maximum atomic E-state index is 14.2. The van der Waals surface area contributed by atoms with Gasteiger partial charge in [-0.2, -0.15) is 0 Å². The van der Waals surface area contributed by atoms with Crippen LogP contribution in [0.25, 0.3) is 11.3 Å². The highest BCUT2D eigenvalue weighted by atomic mass is 19.1. The van der Waals surface area contributed by atoms with Gasteiger partial charge in [-0.25, -0.2) is 4.39 Å². The van der Waals surface area contributed by atoms with Gasteiger partial charge in [-0.3, -0.25) is 9.78 Å². The number of rotatable bonds is 10. The van der Waals surface area contributed by atoms with Gasteiger partial charge in [-0.15, -0.1) is 0 Å². The van der Waals surface area contributed by atoms with Crippen LogP contribution in [-0.2, 0) is 11.2 Å². The fourth-order valence-electron chi connectivity index (χ4n) is 4.53. The zero-order chi connectivity index (χ0) is 22.3. The van der Waals surface area contributed by atoms with Crippen molar-refractivity contribution < 1.29 is 14.3 Å². The normalized spacial score (nSPS) is 22.3. The number of hydrogen-bond acceptors (Lipinski definition) is 3. The van der Waals surface area contributed by atoms with Crippen molar-refractivity contribution in [2.45, 2.75) is 95.7 Å². The van der Waals surface area contributed by atoms with Crippen LogP contribution in [0.15, 0.2) is 42.6 Å². The molecule has 1 aromatic carbocycles. The minimum Gasteiger partial charge on any atom is -0.382 e. The van der Waals surface area contributed by atoms with Crippen LogP contribution in [0.2, 0.25) is 0 Å². The third-order valence-electron chi connectivity index (χ3n) is 6.69. The van der Waals surface area contributed by atoms with Crippen LogP contribution in [0.3, 0.4) is 0 Å². The molecule has 1 atom stereocenters. The van der Waals surface area contributed by atoms with Crippen LogP contribution in [0.5, 0.6) is 0 Å². The zero-order valence-electron chi connectivity index (χ0n) is 18.9. The summed E-state index contributed by atoms with van der Waals surface area (Å²) < 4.78 is 14.2. The standard InChI is InChI=1S/C27H36FNO2/c1-3-5-7-20-9-14-25(29-19-20)23-12-10-21(11-13-23)22-15-17-27(31,18-16-22)26(30)24(28)8-6-4-2/h9-14,19,22,24,31H,3-8,15-18H2,1-2H3. The Morgan fingerprint density at radius 2 is 1.77 bits per heavy atom. The zero-order valence-corrected chi connectivity index (χ0v) is 18.9. The first-order chi connectivity index (χ1) is 15.0. The molecule has 1 aliphatic carbocycles. The summed E-state index contributed by atoms with van der Waals surface area (Å²) in [6.45, 7) is 4.17. The molecule has 168 valence electrons. The number of alkyl halides is 1. The number of aliphatic hydroxyl groups is 1. The van der Waals surface area contributed by atoms with E-state index < -0.39 is 17.6 Å². The van der Waals surface area contributed by atoms with Crippen molar-refractivity contribution in [2.75, 3.05) is 0 Å². The van der Waals surface area contributed by atoms with E-state index in [1.807, 2.05) is 13.1 Å². The van der Waals surface area contributed by atoms with Crippen molar-refractivity contribution in [3.05, 3.63) is 53.7 Å². The largest absolute Gasteiger partial charge is 0.382 e. The van der Waals surface area contributed by atoms with Gasteiger partial charge in [0, 0.05) is 11.8 Å². The number of ketones is 1. The van der Waals surface area contributed by atoms with Crippen molar-refractivity contribution in [1.82, 2.24) is 4.98 Å². The Balaban J connectivity index is 1.58. The second-order valence-corrected chi connectivity index (χ2v) is 9.06. The minimum absolute atomic E-state index is 0.218. The van der Waals surface area contributed by atoms with E-state index in [1.54, 1.807) is 0 Å². The molecule has 0 bridgehead atoms. The summed E-state index contributed by atoms with van der Waals surface area (Å²) in [6, 6.07) is 12.7. The molecule has 1 aliphatic rings. The molecule has 1 heterocycles. The van der Waals surface area contributed by atoms with E-state index in [-0.39, 0.29) is 6.42 Å². The summed E-state index contributed by atoms with van der Waals surface area (Å²) >= 11 is 0. The molecule has 31 heavy (non-hydrogen) atoms. The third-order valence-corrected chi connectivity index (χ3v) is 6.69. The van der Waals surface area contributed by atoms with Crippen molar-refractivity contribution in [3.8, 4) is 11.3 Å². The molecule has 0 spiro atoms. The van der Waals surface area contributed by atoms with Gasteiger partial charge >= 0.3 is 0 Å². The summed E-state index contributed by atoms with van der Waals surface area (Å²) in [5.41, 5.74) is 3.05. The number of carbonyl (C=O) groups is 1. The van der Waals surface area contributed by atoms with Gasteiger partial charge in [0.2, 0.25) is 0 Å². The lowest BCUT2D eigenvalue weighted by Crippen LogP contribution is -2.46. The van der Waals surface area contributed by atoms with Gasteiger partial charge in [-0.1, -0.05) is 63.4 Å². The predicted octanol–water partition coefficient (Wildman–Crippen LogP) is 6.58. The quantitative estimate of drug-likeness (QED) is 0.468. The van der Waals surface area contributed by atoms with Crippen LogP contribution >= 0.6 is 0 Å². The van der Waals surface area contributed by atoms with Gasteiger partial charge in [0.05, 0.1) is 5.69 Å². The van der Waals surface area contributed by atoms with Gasteiger partial charge in [0.1, 0.15) is 5.60 Å². The van der Waals surface area contributed by atoms with E-state index in [0.29, 0.717) is 38.0 Å². The molecule has 1 unspecified atom stereocenters. The Kier molecular flexibility index (Phi) is 8.36. The molecule has 0 saturated heterocycles. The Labute approximate surface area is 186 Å². The number of unbranched alkanes of at least 4 members (excludes halogenated alkanes) is 2. The number of nitrogens with zero attached hydrogens (tertiary/aromatic N) is 1. The van der Waals surface area contributed by atoms with Crippen LogP contribution in [-0.4, -0.2) is 27.6 Å². The van der Waals surface area contributed by atoms with Crippen molar-refractivity contribution in [1.29, 1.82) is 0 Å². The van der Waals surface area contributed by atoms with Gasteiger partial charge < -0.3 is 5.11 Å². The highest BCUT2D eigenvalue weighted by Gasteiger charge is 2.43. The summed E-state index contributed by atoms with van der Waals surface area (Å²) in [6.07, 6.45) is 7.69. The second-order valence-electron chi connectivity index (χ2n) is 9.06. The van der Waals surface area contributed by atoms with Crippen LogP contribution < -0.4 is 0 Å². The average Bonchev–Trinajstić information content (AvgIpc) is 2.81. The molecular weight excluding hydrogens is 389 g/mol. The number of hydrogen-bond donors (Lipinski definition) is 1. The molecule has 4 heteroatoms. The summed E-state index contributed by atoms with van der Waals surface area (Å²) in [5, 5.41) is 10.7. The van der Waals surface area contributed by atoms with Gasteiger partial charge in [-0.05, 0) is 68.1 Å². The van der Waals surface area contributed by atoms with E-state index in [2.05, 4.69) is 48.3 Å². The predicted molar refractivity (Wildman–Crippen MR) is 124 cm³/mol. The number of pyridine rings is 1. The molecular formula is C27H36FNO2. The van der Waals surface area contributed by atoms with Crippen molar-refractivity contribution >= 4 is 5.78 Å². The summed E-state index contributed by atoms with van der Waals surface area (Å²) in [5.74, 6) is -0.316. The number of carbonyl (C=O) groups excluding carboxylic acids is 1. The first-order valence-corrected chi connectivity index (χ1v) is 11.9. The number of benzene rings is 1. The fraction of sp³-hybridized carbons (Fsp3) is 0.556. The molecule has 0 radical (unpaired) electrons. The lowest BCUT2D eigenvalue weighted by molar-refractivity contribution is -0.146. The van der Waals surface area contributed by atoms with E-state index in [9.17, 15) is 14.3 Å². The molecule has 0 aliphatic heterocycles. The molecule has 1 saturated carbocycles. The van der Waals surface area contributed by atoms with Crippen molar-refractivity contribution in [3.63, 3.8) is 0 Å². The smallest absolute Gasteiger partial charge is 0.198 e. The summed E-state index contributed by atoms with van der Waals surface area (Å²) in [4.78, 5) is 17.0. The number of Topliss-reactive ketones (excluding diaryl/α,β-unsaturated/α-hetero) is 1. The summed E-state index contributed by atoms with van der Waals surface area (Å²) in [7, 11) is 0. The molecule has 3 rings (SSSR count). The maximum Gasteiger partial charge on any atom is 0.198 e. The number of aromatic nitrogens is 1. The molecule has 1 N–H and O–H groups in total. The monoisotopic (exact) mass is 425 g/mol. The van der Waals surface area contributed by atoms with E-state index in [0.717, 1.165) is 24.1 Å². The highest BCUT2D eigenvalue weighted by molar-refractivity contribution is 5.91. The Bertz CT molecular complexity index is 823. The highest BCUT2D eigenvalue weighted by Crippen LogP contribution is 2.40. The molecule has 1 fully saturated rings. The number of aryl methyl sites for hydroxylation is 1. The van der Waals surface area contributed by atoms with E-state index in [4.69, 9.17) is 0 Å². The molecule has 3 nitrogen and oxygen atoms in total. The van der Waals surface area contributed by atoms with E-state index in [1.165, 1.54) is 24.0 Å². The van der Waals surface area contributed by atoms with Crippen LogP contribution in [0, 0.1) is 0 Å². The average molecular weight is 426 g/mol. The van der Waals surface area contributed by atoms with Gasteiger partial charge in [0.25, 0.3) is 0 Å². The Morgan fingerprint density at radius 3 is 2.35 bits per heavy atom.